The molecule has 2 N–H and O–H groups in total. The first-order valence-corrected chi connectivity index (χ1v) is 5.67. The fourth-order valence-electron chi connectivity index (χ4n) is 2.45. The van der Waals surface area contributed by atoms with Crippen LogP contribution in [0.1, 0.15) is 27.7 Å². The van der Waals surface area contributed by atoms with E-state index in [4.69, 9.17) is 0 Å². The van der Waals surface area contributed by atoms with Crippen LogP contribution in [0.2, 0.25) is 0 Å². The molecule has 0 radical (unpaired) electrons. The molecule has 0 spiro atoms. The van der Waals surface area contributed by atoms with E-state index in [0.717, 1.165) is 0 Å². The second kappa shape index (κ2) is 4.69. The molecule has 1 heterocycles. The molecule has 0 saturated carbocycles. The molecule has 5 heteroatoms. The highest BCUT2D eigenvalue weighted by atomic mass is 16.2. The maximum atomic E-state index is 12.1. The van der Waals surface area contributed by atoms with Gasteiger partial charge in [0.15, 0.2) is 0 Å². The Hall–Kier alpha value is -1.65. The lowest BCUT2D eigenvalue weighted by Crippen LogP contribution is -2.66. The summed E-state index contributed by atoms with van der Waals surface area (Å²) in [4.78, 5) is 35.2. The van der Waals surface area contributed by atoms with Gasteiger partial charge < -0.3 is 0 Å². The number of nitrogens with one attached hydrogen (secondary N) is 2. The Bertz CT molecular complexity index is 365. The van der Waals surface area contributed by atoms with Gasteiger partial charge in [-0.1, -0.05) is 32.9 Å². The summed E-state index contributed by atoms with van der Waals surface area (Å²) < 4.78 is 0. The Balaban J connectivity index is 3.27. The predicted octanol–water partition coefficient (Wildman–Crippen LogP) is 1.21. The number of hydrogen-bond donors (Lipinski definition) is 2. The zero-order chi connectivity index (χ0) is 13.2. The summed E-state index contributed by atoms with van der Waals surface area (Å²) in [5.41, 5.74) is -1.22. The highest BCUT2D eigenvalue weighted by Crippen LogP contribution is 2.38. The van der Waals surface area contributed by atoms with Gasteiger partial charge in [0.25, 0.3) is 0 Å². The van der Waals surface area contributed by atoms with Crippen LogP contribution in [0.15, 0.2) is 12.2 Å². The van der Waals surface area contributed by atoms with Crippen LogP contribution in [0.3, 0.4) is 0 Å². The molecule has 4 amide bonds. The van der Waals surface area contributed by atoms with Gasteiger partial charge in [0.2, 0.25) is 11.8 Å². The number of hydrogen-bond acceptors (Lipinski definition) is 3. The van der Waals surface area contributed by atoms with Gasteiger partial charge >= 0.3 is 6.03 Å². The molecule has 1 aliphatic heterocycles. The minimum Gasteiger partial charge on any atom is -0.277 e. The van der Waals surface area contributed by atoms with Crippen molar-refractivity contribution in [1.29, 1.82) is 0 Å². The lowest BCUT2D eigenvalue weighted by Gasteiger charge is -2.40. The van der Waals surface area contributed by atoms with Gasteiger partial charge in [-0.25, -0.2) is 4.79 Å². The average Bonchev–Trinajstić information content (AvgIpc) is 2.16. The number of allylic oxidation sites excluding steroid dienone is 2. The van der Waals surface area contributed by atoms with Crippen molar-refractivity contribution in [3.63, 3.8) is 0 Å². The quantitative estimate of drug-likeness (QED) is 0.573. The molecule has 1 rings (SSSR count). The number of carbonyl (C=O) groups is 3. The maximum absolute atomic E-state index is 12.1. The van der Waals surface area contributed by atoms with Crippen molar-refractivity contribution in [2.75, 3.05) is 0 Å². The van der Waals surface area contributed by atoms with E-state index < -0.39 is 23.3 Å². The minimum absolute atomic E-state index is 0.207. The zero-order valence-corrected chi connectivity index (χ0v) is 10.5. The molecule has 1 atom stereocenters. The number of barbiturate groups is 1. The first-order chi connectivity index (χ1) is 7.87. The van der Waals surface area contributed by atoms with Crippen molar-refractivity contribution in [2.24, 2.45) is 17.3 Å². The van der Waals surface area contributed by atoms with Crippen LogP contribution in [0.5, 0.6) is 0 Å². The Morgan fingerprint density at radius 3 is 1.88 bits per heavy atom. The van der Waals surface area contributed by atoms with E-state index in [1.165, 1.54) is 0 Å². The number of rotatable bonds is 3. The van der Waals surface area contributed by atoms with Crippen LogP contribution < -0.4 is 10.6 Å². The third-order valence-electron chi connectivity index (χ3n) is 3.32. The van der Waals surface area contributed by atoms with Crippen molar-refractivity contribution in [2.45, 2.75) is 27.7 Å². The van der Waals surface area contributed by atoms with Gasteiger partial charge in [-0.3, -0.25) is 20.2 Å². The van der Waals surface area contributed by atoms with Gasteiger partial charge in [0, 0.05) is 0 Å². The van der Waals surface area contributed by atoms with Crippen LogP contribution >= 0.6 is 0 Å². The molecule has 0 aromatic carbocycles. The minimum atomic E-state index is -1.22. The number of carbonyl (C=O) groups excluding carboxylic acids is 3. The Kier molecular flexibility index (Phi) is 3.70. The van der Waals surface area contributed by atoms with E-state index in [1.54, 1.807) is 32.9 Å². The molecule has 1 fully saturated rings. The average molecular weight is 238 g/mol. The lowest BCUT2D eigenvalue weighted by molar-refractivity contribution is -0.150. The third-order valence-corrected chi connectivity index (χ3v) is 3.32. The van der Waals surface area contributed by atoms with Gasteiger partial charge in [-0.05, 0) is 18.8 Å². The Morgan fingerprint density at radius 2 is 1.53 bits per heavy atom. The molecule has 0 aromatic heterocycles. The van der Waals surface area contributed by atoms with Crippen molar-refractivity contribution in [3.8, 4) is 0 Å². The Morgan fingerprint density at radius 1 is 1.06 bits per heavy atom. The van der Waals surface area contributed by atoms with Gasteiger partial charge in [-0.15, -0.1) is 0 Å². The van der Waals surface area contributed by atoms with Crippen molar-refractivity contribution in [1.82, 2.24) is 10.6 Å². The van der Waals surface area contributed by atoms with E-state index in [0.29, 0.717) is 0 Å². The lowest BCUT2D eigenvalue weighted by atomic mass is 9.66. The van der Waals surface area contributed by atoms with Gasteiger partial charge in [0.1, 0.15) is 5.41 Å². The smallest absolute Gasteiger partial charge is 0.277 e. The molecule has 1 saturated heterocycles. The summed E-state index contributed by atoms with van der Waals surface area (Å²) >= 11 is 0. The molecule has 0 bridgehead atoms. The predicted molar refractivity (Wildman–Crippen MR) is 62.9 cm³/mol. The van der Waals surface area contributed by atoms with Gasteiger partial charge in [0.05, 0.1) is 0 Å². The Labute approximate surface area is 101 Å². The summed E-state index contributed by atoms with van der Waals surface area (Å²) in [7, 11) is 0. The third kappa shape index (κ3) is 1.97. The van der Waals surface area contributed by atoms with Crippen LogP contribution in [-0.2, 0) is 9.59 Å². The second-order valence-electron chi connectivity index (χ2n) is 4.58. The van der Waals surface area contributed by atoms with E-state index in [-0.39, 0.29) is 11.8 Å². The van der Waals surface area contributed by atoms with Gasteiger partial charge in [-0.2, -0.15) is 0 Å². The standard InChI is InChI=1S/C12H18N2O3/c1-5-6-8(4)12(7(2)3)9(15)13-11(17)14-10(12)16/h5-8H,1-4H3,(H2,13,14,15,16,17)/b6-5-/t8-/m0/s1. The van der Waals surface area contributed by atoms with Crippen molar-refractivity contribution < 1.29 is 14.4 Å². The van der Waals surface area contributed by atoms with Crippen LogP contribution in [0.4, 0.5) is 4.79 Å². The largest absolute Gasteiger partial charge is 0.328 e. The van der Waals surface area contributed by atoms with Crippen molar-refractivity contribution in [3.05, 3.63) is 12.2 Å². The first-order valence-electron chi connectivity index (χ1n) is 5.67. The number of amides is 4. The first kappa shape index (κ1) is 13.4. The highest BCUT2D eigenvalue weighted by molar-refractivity contribution is 6.19. The van der Waals surface area contributed by atoms with Crippen LogP contribution in [-0.4, -0.2) is 17.8 Å². The fraction of sp³-hybridized carbons (Fsp3) is 0.583. The summed E-state index contributed by atoms with van der Waals surface area (Å²) in [6, 6.07) is -0.746. The maximum Gasteiger partial charge on any atom is 0.328 e. The van der Waals surface area contributed by atoms with Crippen LogP contribution in [0, 0.1) is 17.3 Å². The SMILES string of the molecule is C/C=C\[C@H](C)C1(C(C)C)C(=O)NC(=O)NC1=O. The molecule has 0 unspecified atom stereocenters. The fourth-order valence-corrected chi connectivity index (χ4v) is 2.45. The molecular formula is C12H18N2O3. The van der Waals surface area contributed by atoms with E-state index in [9.17, 15) is 14.4 Å². The molecule has 17 heavy (non-hydrogen) atoms. The van der Waals surface area contributed by atoms with E-state index in [2.05, 4.69) is 10.6 Å². The topological polar surface area (TPSA) is 75.3 Å². The number of imide groups is 2. The van der Waals surface area contributed by atoms with E-state index >= 15 is 0 Å². The summed E-state index contributed by atoms with van der Waals surface area (Å²) in [6.07, 6.45) is 3.60. The summed E-state index contributed by atoms with van der Waals surface area (Å²) in [5.74, 6) is -1.53. The van der Waals surface area contributed by atoms with Crippen LogP contribution in [0.25, 0.3) is 0 Å². The molecular weight excluding hydrogens is 220 g/mol. The van der Waals surface area contributed by atoms with E-state index in [1.807, 2.05) is 6.92 Å². The number of urea groups is 1. The van der Waals surface area contributed by atoms with Crippen molar-refractivity contribution >= 4 is 17.8 Å². The monoisotopic (exact) mass is 238 g/mol. The summed E-state index contributed by atoms with van der Waals surface area (Å²) in [5, 5.41) is 4.36. The zero-order valence-electron chi connectivity index (χ0n) is 10.5. The molecule has 1 aliphatic rings. The molecule has 5 nitrogen and oxygen atoms in total. The summed E-state index contributed by atoms with van der Waals surface area (Å²) in [6.45, 7) is 7.23. The molecule has 94 valence electrons. The second-order valence-corrected chi connectivity index (χ2v) is 4.58. The molecule has 0 aliphatic carbocycles. The normalized spacial score (nSPS) is 21.6. The molecule has 0 aromatic rings. The highest BCUT2D eigenvalue weighted by Gasteiger charge is 2.55.